The third kappa shape index (κ3) is 3.74. The van der Waals surface area contributed by atoms with Crippen molar-refractivity contribution in [3.8, 4) is 6.07 Å². The zero-order valence-corrected chi connectivity index (χ0v) is 14.6. The minimum absolute atomic E-state index is 0.0446. The molecule has 0 unspecified atom stereocenters. The van der Waals surface area contributed by atoms with Gasteiger partial charge >= 0.3 is 6.03 Å². The van der Waals surface area contributed by atoms with E-state index in [0.29, 0.717) is 18.7 Å². The number of piperazine rings is 1. The normalized spacial score (nSPS) is 14.1. The largest absolute Gasteiger partial charge is 0.368 e. The van der Waals surface area contributed by atoms with Crippen LogP contribution >= 0.6 is 0 Å². The number of urea groups is 1. The van der Waals surface area contributed by atoms with E-state index in [1.165, 1.54) is 0 Å². The molecule has 1 saturated heterocycles. The van der Waals surface area contributed by atoms with Crippen molar-refractivity contribution in [3.63, 3.8) is 0 Å². The second-order valence-corrected chi connectivity index (χ2v) is 6.33. The zero-order valence-electron chi connectivity index (χ0n) is 14.6. The number of aryl methyl sites for hydroxylation is 2. The van der Waals surface area contributed by atoms with Gasteiger partial charge in [0.2, 0.25) is 0 Å². The van der Waals surface area contributed by atoms with Gasteiger partial charge in [0.25, 0.3) is 0 Å². The van der Waals surface area contributed by atoms with E-state index in [4.69, 9.17) is 5.26 Å². The van der Waals surface area contributed by atoms with Crippen LogP contribution in [0.4, 0.5) is 16.2 Å². The van der Waals surface area contributed by atoms with Crippen LogP contribution in [-0.2, 0) is 0 Å². The maximum atomic E-state index is 12.6. The first kappa shape index (κ1) is 16.8. The van der Waals surface area contributed by atoms with Crippen molar-refractivity contribution in [2.75, 3.05) is 36.4 Å². The molecule has 2 amide bonds. The average Bonchev–Trinajstić information content (AvgIpc) is 2.65. The SMILES string of the molecule is Cc1cccc(C)c1NC(=O)N1CCN(c2ccc(C#N)cc2)CC1. The fourth-order valence-electron chi connectivity index (χ4n) is 3.11. The molecule has 1 aliphatic rings. The highest BCUT2D eigenvalue weighted by Crippen LogP contribution is 2.21. The highest BCUT2D eigenvalue weighted by atomic mass is 16.2. The van der Waals surface area contributed by atoms with Crippen LogP contribution in [0.5, 0.6) is 0 Å². The number of hydrogen-bond donors (Lipinski definition) is 1. The van der Waals surface area contributed by atoms with Gasteiger partial charge in [-0.05, 0) is 49.2 Å². The van der Waals surface area contributed by atoms with Gasteiger partial charge < -0.3 is 15.1 Å². The molecule has 0 atom stereocenters. The fraction of sp³-hybridized carbons (Fsp3) is 0.300. The van der Waals surface area contributed by atoms with Gasteiger partial charge in [0, 0.05) is 37.6 Å². The monoisotopic (exact) mass is 334 g/mol. The molecule has 128 valence electrons. The van der Waals surface area contributed by atoms with Crippen LogP contribution in [0.1, 0.15) is 16.7 Å². The maximum absolute atomic E-state index is 12.6. The number of benzene rings is 2. The summed E-state index contributed by atoms with van der Waals surface area (Å²) in [5.74, 6) is 0. The quantitative estimate of drug-likeness (QED) is 0.914. The lowest BCUT2D eigenvalue weighted by Crippen LogP contribution is -2.50. The van der Waals surface area contributed by atoms with Crippen LogP contribution in [-0.4, -0.2) is 37.1 Å². The highest BCUT2D eigenvalue weighted by molar-refractivity contribution is 5.91. The van der Waals surface area contributed by atoms with Gasteiger partial charge in [-0.15, -0.1) is 0 Å². The Morgan fingerprint density at radius 2 is 1.60 bits per heavy atom. The van der Waals surface area contributed by atoms with E-state index in [-0.39, 0.29) is 6.03 Å². The molecule has 25 heavy (non-hydrogen) atoms. The molecule has 2 aromatic carbocycles. The smallest absolute Gasteiger partial charge is 0.321 e. The van der Waals surface area contributed by atoms with Gasteiger partial charge in [0.05, 0.1) is 11.6 Å². The van der Waals surface area contributed by atoms with E-state index < -0.39 is 0 Å². The number of anilines is 2. The van der Waals surface area contributed by atoms with Gasteiger partial charge in [-0.3, -0.25) is 0 Å². The fourth-order valence-corrected chi connectivity index (χ4v) is 3.11. The summed E-state index contributed by atoms with van der Waals surface area (Å²) in [5.41, 5.74) is 4.81. The van der Waals surface area contributed by atoms with Crippen LogP contribution < -0.4 is 10.2 Å². The first-order valence-electron chi connectivity index (χ1n) is 8.46. The van der Waals surface area contributed by atoms with Crippen LogP contribution in [0.15, 0.2) is 42.5 Å². The molecule has 0 aliphatic carbocycles. The lowest BCUT2D eigenvalue weighted by Gasteiger charge is -2.36. The van der Waals surface area contributed by atoms with Crippen molar-refractivity contribution in [1.29, 1.82) is 5.26 Å². The minimum atomic E-state index is -0.0446. The Labute approximate surface area is 148 Å². The standard InChI is InChI=1S/C20H22N4O/c1-15-4-3-5-16(2)19(15)22-20(25)24-12-10-23(11-13-24)18-8-6-17(14-21)7-9-18/h3-9H,10-13H2,1-2H3,(H,22,25). The van der Waals surface area contributed by atoms with Gasteiger partial charge in [0.1, 0.15) is 0 Å². The molecule has 2 aromatic rings. The Morgan fingerprint density at radius 1 is 1.00 bits per heavy atom. The summed E-state index contributed by atoms with van der Waals surface area (Å²) < 4.78 is 0. The number of nitrogens with zero attached hydrogens (tertiary/aromatic N) is 3. The molecule has 1 N–H and O–H groups in total. The summed E-state index contributed by atoms with van der Waals surface area (Å²) in [5, 5.41) is 11.9. The lowest BCUT2D eigenvalue weighted by atomic mass is 10.1. The molecule has 0 aromatic heterocycles. The number of para-hydroxylation sites is 1. The molecule has 0 saturated carbocycles. The third-order valence-electron chi connectivity index (χ3n) is 4.64. The average molecular weight is 334 g/mol. The second kappa shape index (κ2) is 7.27. The molecule has 3 rings (SSSR count). The molecule has 0 spiro atoms. The molecule has 5 nitrogen and oxygen atoms in total. The summed E-state index contributed by atoms with van der Waals surface area (Å²) in [4.78, 5) is 16.7. The number of carbonyl (C=O) groups is 1. The van der Waals surface area contributed by atoms with Crippen molar-refractivity contribution >= 4 is 17.4 Å². The molecule has 1 heterocycles. The maximum Gasteiger partial charge on any atom is 0.321 e. The van der Waals surface area contributed by atoms with Crippen LogP contribution in [0.3, 0.4) is 0 Å². The number of hydrogen-bond acceptors (Lipinski definition) is 3. The van der Waals surface area contributed by atoms with E-state index in [0.717, 1.165) is 35.6 Å². The summed E-state index contributed by atoms with van der Waals surface area (Å²) in [6, 6.07) is 15.7. The molecule has 0 bridgehead atoms. The number of nitrogens with one attached hydrogen (secondary N) is 1. The Kier molecular flexibility index (Phi) is 4.90. The Hall–Kier alpha value is -3.00. The molecule has 5 heteroatoms. The summed E-state index contributed by atoms with van der Waals surface area (Å²) >= 11 is 0. The number of carbonyl (C=O) groups excluding carboxylic acids is 1. The first-order chi connectivity index (χ1) is 12.1. The number of rotatable bonds is 2. The summed E-state index contributed by atoms with van der Waals surface area (Å²) in [6.45, 7) is 6.93. The third-order valence-corrected chi connectivity index (χ3v) is 4.64. The lowest BCUT2D eigenvalue weighted by molar-refractivity contribution is 0.208. The molecular weight excluding hydrogens is 312 g/mol. The number of nitriles is 1. The second-order valence-electron chi connectivity index (χ2n) is 6.33. The minimum Gasteiger partial charge on any atom is -0.368 e. The van der Waals surface area contributed by atoms with Crippen molar-refractivity contribution in [1.82, 2.24) is 4.90 Å². The topological polar surface area (TPSA) is 59.4 Å². The Morgan fingerprint density at radius 3 is 2.16 bits per heavy atom. The Balaban J connectivity index is 1.60. The van der Waals surface area contributed by atoms with Crippen LogP contribution in [0.25, 0.3) is 0 Å². The van der Waals surface area contributed by atoms with Crippen LogP contribution in [0, 0.1) is 25.2 Å². The van der Waals surface area contributed by atoms with Crippen molar-refractivity contribution in [2.24, 2.45) is 0 Å². The van der Waals surface area contributed by atoms with E-state index in [1.807, 2.05) is 61.2 Å². The van der Waals surface area contributed by atoms with Crippen LogP contribution in [0.2, 0.25) is 0 Å². The molecule has 0 radical (unpaired) electrons. The van der Waals surface area contributed by atoms with Gasteiger partial charge in [-0.25, -0.2) is 4.79 Å². The summed E-state index contributed by atoms with van der Waals surface area (Å²) in [6.07, 6.45) is 0. The van der Waals surface area contributed by atoms with E-state index in [9.17, 15) is 4.79 Å². The van der Waals surface area contributed by atoms with Gasteiger partial charge in [0.15, 0.2) is 0 Å². The highest BCUT2D eigenvalue weighted by Gasteiger charge is 2.22. The zero-order chi connectivity index (χ0) is 17.8. The van der Waals surface area contributed by atoms with Crippen molar-refractivity contribution in [2.45, 2.75) is 13.8 Å². The Bertz CT molecular complexity index is 779. The first-order valence-corrected chi connectivity index (χ1v) is 8.46. The summed E-state index contributed by atoms with van der Waals surface area (Å²) in [7, 11) is 0. The number of amides is 2. The van der Waals surface area contributed by atoms with Crippen molar-refractivity contribution in [3.05, 3.63) is 59.2 Å². The van der Waals surface area contributed by atoms with Gasteiger partial charge in [-0.1, -0.05) is 18.2 Å². The van der Waals surface area contributed by atoms with E-state index in [2.05, 4.69) is 16.3 Å². The van der Waals surface area contributed by atoms with E-state index in [1.54, 1.807) is 0 Å². The van der Waals surface area contributed by atoms with Gasteiger partial charge in [-0.2, -0.15) is 5.26 Å². The molecule has 1 aliphatic heterocycles. The van der Waals surface area contributed by atoms with E-state index >= 15 is 0 Å². The molecular formula is C20H22N4O. The molecule has 1 fully saturated rings. The van der Waals surface area contributed by atoms with Crippen molar-refractivity contribution < 1.29 is 4.79 Å². The predicted octanol–water partition coefficient (Wildman–Crippen LogP) is 3.53. The predicted molar refractivity (Wildman–Crippen MR) is 99.9 cm³/mol.